The lowest BCUT2D eigenvalue weighted by Crippen LogP contribution is -2.47. The predicted molar refractivity (Wildman–Crippen MR) is 123 cm³/mol. The van der Waals surface area contributed by atoms with E-state index in [4.69, 9.17) is 5.73 Å². The summed E-state index contributed by atoms with van der Waals surface area (Å²) in [5, 5.41) is 0. The van der Waals surface area contributed by atoms with Crippen LogP contribution in [0, 0.1) is 17.6 Å². The first kappa shape index (κ1) is 20.6. The summed E-state index contributed by atoms with van der Waals surface area (Å²) in [6.45, 7) is 3.74. The van der Waals surface area contributed by atoms with E-state index in [9.17, 15) is 8.78 Å². The largest absolute Gasteiger partial charge is 0.368 e. The highest BCUT2D eigenvalue weighted by molar-refractivity contribution is 5.94. The van der Waals surface area contributed by atoms with E-state index in [1.165, 1.54) is 18.2 Å². The summed E-state index contributed by atoms with van der Waals surface area (Å²) >= 11 is 0. The maximum atomic E-state index is 14.9. The van der Waals surface area contributed by atoms with Crippen molar-refractivity contribution in [3.63, 3.8) is 0 Å². The summed E-state index contributed by atoms with van der Waals surface area (Å²) < 4.78 is 29.7. The van der Waals surface area contributed by atoms with E-state index in [0.29, 0.717) is 12.5 Å². The van der Waals surface area contributed by atoms with E-state index in [0.717, 1.165) is 35.6 Å². The van der Waals surface area contributed by atoms with Gasteiger partial charge in [-0.15, -0.1) is 0 Å². The average Bonchev–Trinajstić information content (AvgIpc) is 2.78. The van der Waals surface area contributed by atoms with Crippen molar-refractivity contribution in [3.05, 3.63) is 83.7 Å². The molecule has 0 spiro atoms. The summed E-state index contributed by atoms with van der Waals surface area (Å²) in [6.07, 6.45) is 5.23. The molecule has 0 aliphatic carbocycles. The molecule has 1 unspecified atom stereocenters. The molecular formula is C25H25F2N5. The molecule has 1 fully saturated rings. The molecule has 2 aliphatic heterocycles. The van der Waals surface area contributed by atoms with Gasteiger partial charge in [-0.05, 0) is 36.6 Å². The Hall–Kier alpha value is -3.32. The van der Waals surface area contributed by atoms with Gasteiger partial charge in [0, 0.05) is 37.1 Å². The minimum Gasteiger partial charge on any atom is -0.368 e. The first-order chi connectivity index (χ1) is 15.5. The molecule has 3 heterocycles. The van der Waals surface area contributed by atoms with E-state index in [2.05, 4.69) is 21.8 Å². The van der Waals surface area contributed by atoms with Crippen molar-refractivity contribution in [3.8, 4) is 0 Å². The molecule has 1 aromatic heterocycles. The molecule has 5 rings (SSSR count). The van der Waals surface area contributed by atoms with Crippen LogP contribution in [0.5, 0.6) is 0 Å². The summed E-state index contributed by atoms with van der Waals surface area (Å²) in [5.74, 6) is -0.822. The van der Waals surface area contributed by atoms with Crippen LogP contribution >= 0.6 is 0 Å². The molecule has 3 aromatic rings. The Bertz CT molecular complexity index is 1130. The number of hydrogen-bond acceptors (Lipinski definition) is 5. The van der Waals surface area contributed by atoms with Crippen molar-refractivity contribution in [2.24, 2.45) is 16.6 Å². The van der Waals surface area contributed by atoms with Gasteiger partial charge in [-0.25, -0.2) is 8.78 Å². The number of pyridine rings is 1. The second-order valence-corrected chi connectivity index (χ2v) is 8.59. The van der Waals surface area contributed by atoms with Crippen LogP contribution in [0.1, 0.15) is 30.6 Å². The van der Waals surface area contributed by atoms with Crippen molar-refractivity contribution >= 4 is 23.3 Å². The molecule has 32 heavy (non-hydrogen) atoms. The fraction of sp³-hybridized carbons (Fsp3) is 0.280. The van der Waals surface area contributed by atoms with Crippen molar-refractivity contribution in [2.75, 3.05) is 22.9 Å². The van der Waals surface area contributed by atoms with Gasteiger partial charge in [-0.1, -0.05) is 31.2 Å². The smallest absolute Gasteiger partial charge is 0.157 e. The highest BCUT2D eigenvalue weighted by atomic mass is 19.1. The third kappa shape index (κ3) is 3.62. The Morgan fingerprint density at radius 1 is 0.938 bits per heavy atom. The minimum atomic E-state index is -0.898. The van der Waals surface area contributed by atoms with Gasteiger partial charge in [0.05, 0.1) is 28.8 Å². The number of rotatable bonds is 3. The zero-order valence-electron chi connectivity index (χ0n) is 17.8. The number of para-hydroxylation sites is 1. The number of benzene rings is 2. The van der Waals surface area contributed by atoms with Crippen LogP contribution in [-0.4, -0.2) is 30.3 Å². The van der Waals surface area contributed by atoms with Gasteiger partial charge < -0.3 is 15.5 Å². The van der Waals surface area contributed by atoms with Gasteiger partial charge in [0.15, 0.2) is 6.17 Å². The SMILES string of the molecule is C[C@@H]1C[C@H](N)CN(c2ccncc2N2c3ccccc3C=NC2c2c(F)cccc2F)C1. The third-order valence-electron chi connectivity index (χ3n) is 6.12. The number of hydrogen-bond donors (Lipinski definition) is 1. The monoisotopic (exact) mass is 433 g/mol. The van der Waals surface area contributed by atoms with Gasteiger partial charge in [0.25, 0.3) is 0 Å². The van der Waals surface area contributed by atoms with E-state index in [-0.39, 0.29) is 11.6 Å². The molecule has 2 N–H and O–H groups in total. The third-order valence-corrected chi connectivity index (χ3v) is 6.12. The molecule has 0 saturated carbocycles. The summed E-state index contributed by atoms with van der Waals surface area (Å²) in [4.78, 5) is 13.1. The molecule has 5 nitrogen and oxygen atoms in total. The number of nitrogens with two attached hydrogens (primary N) is 1. The summed E-state index contributed by atoms with van der Waals surface area (Å²) in [6, 6.07) is 13.6. The molecule has 0 amide bonds. The van der Waals surface area contributed by atoms with E-state index >= 15 is 0 Å². The van der Waals surface area contributed by atoms with Crippen LogP contribution in [0.2, 0.25) is 0 Å². The number of aliphatic imine (C=N–C) groups is 1. The van der Waals surface area contributed by atoms with Crippen LogP contribution in [-0.2, 0) is 0 Å². The maximum Gasteiger partial charge on any atom is 0.157 e. The van der Waals surface area contributed by atoms with E-state index in [1.54, 1.807) is 18.6 Å². The van der Waals surface area contributed by atoms with Gasteiger partial charge in [0.1, 0.15) is 11.6 Å². The Labute approximate surface area is 186 Å². The quantitative estimate of drug-likeness (QED) is 0.645. The van der Waals surface area contributed by atoms with Crippen molar-refractivity contribution in [1.29, 1.82) is 0 Å². The number of halogens is 2. The topological polar surface area (TPSA) is 57.8 Å². The molecule has 1 saturated heterocycles. The van der Waals surface area contributed by atoms with Gasteiger partial charge in [0.2, 0.25) is 0 Å². The van der Waals surface area contributed by atoms with Gasteiger partial charge >= 0.3 is 0 Å². The zero-order chi connectivity index (χ0) is 22.2. The van der Waals surface area contributed by atoms with Crippen molar-refractivity contribution in [1.82, 2.24) is 4.98 Å². The lowest BCUT2D eigenvalue weighted by Gasteiger charge is -2.41. The van der Waals surface area contributed by atoms with E-state index in [1.807, 2.05) is 35.2 Å². The fourth-order valence-corrected chi connectivity index (χ4v) is 4.82. The van der Waals surface area contributed by atoms with Crippen molar-refractivity contribution in [2.45, 2.75) is 25.6 Å². The first-order valence-corrected chi connectivity index (χ1v) is 10.8. The Balaban J connectivity index is 1.69. The fourth-order valence-electron chi connectivity index (χ4n) is 4.82. The summed E-state index contributed by atoms with van der Waals surface area (Å²) in [7, 11) is 0. The maximum absolute atomic E-state index is 14.9. The highest BCUT2D eigenvalue weighted by Crippen LogP contribution is 2.45. The molecule has 0 radical (unpaired) electrons. The van der Waals surface area contributed by atoms with Crippen LogP contribution in [0.4, 0.5) is 25.8 Å². The summed E-state index contributed by atoms with van der Waals surface area (Å²) in [5.41, 5.74) is 9.60. The standard InChI is InChI=1S/C25H25F2N5/c1-16-11-18(28)15-31(14-16)22-9-10-29-13-23(22)32-21-8-3-2-5-17(21)12-30-25(32)24-19(26)6-4-7-20(24)27/h2-10,12-13,16,18,25H,11,14-15,28H2,1H3/t16-,18+,25?/m1/s1. The minimum absolute atomic E-state index is 0.0613. The Morgan fingerprint density at radius 3 is 2.50 bits per heavy atom. The molecule has 3 atom stereocenters. The lowest BCUT2D eigenvalue weighted by atomic mass is 9.96. The highest BCUT2D eigenvalue weighted by Gasteiger charge is 2.34. The predicted octanol–water partition coefficient (Wildman–Crippen LogP) is 4.80. The lowest BCUT2D eigenvalue weighted by molar-refractivity contribution is 0.401. The van der Waals surface area contributed by atoms with Crippen molar-refractivity contribution < 1.29 is 8.78 Å². The number of piperidine rings is 1. The van der Waals surface area contributed by atoms with Crippen LogP contribution in [0.15, 0.2) is 65.9 Å². The molecule has 2 aromatic carbocycles. The normalized spacial score (nSPS) is 22.7. The molecule has 2 aliphatic rings. The first-order valence-electron chi connectivity index (χ1n) is 10.8. The molecule has 0 bridgehead atoms. The Morgan fingerprint density at radius 2 is 1.72 bits per heavy atom. The van der Waals surface area contributed by atoms with E-state index < -0.39 is 17.8 Å². The van der Waals surface area contributed by atoms with Crippen LogP contribution in [0.3, 0.4) is 0 Å². The number of nitrogens with zero attached hydrogens (tertiary/aromatic N) is 4. The van der Waals surface area contributed by atoms with Gasteiger partial charge in [-0.3, -0.25) is 9.98 Å². The van der Waals surface area contributed by atoms with Crippen LogP contribution < -0.4 is 15.5 Å². The molecule has 7 heteroatoms. The number of fused-ring (bicyclic) bond motifs is 1. The Kier molecular flexibility index (Phi) is 5.35. The second kappa shape index (κ2) is 8.31. The number of anilines is 3. The van der Waals surface area contributed by atoms with Crippen LogP contribution in [0.25, 0.3) is 0 Å². The zero-order valence-corrected chi connectivity index (χ0v) is 17.8. The average molecular weight is 434 g/mol. The molecular weight excluding hydrogens is 408 g/mol. The molecule has 164 valence electrons. The second-order valence-electron chi connectivity index (χ2n) is 8.59. The number of aromatic nitrogens is 1. The van der Waals surface area contributed by atoms with Gasteiger partial charge in [-0.2, -0.15) is 0 Å².